The standard InChI is InChI=1S/C15H25NO/c1-12-9-10-15(17-12)11-16-13(2)14-7-5-3-4-6-8-14/h9-10,13-14,16H,3-8,11H2,1-2H3/t13-/m0/s1. The van der Waals surface area contributed by atoms with Crippen molar-refractivity contribution in [2.75, 3.05) is 0 Å². The van der Waals surface area contributed by atoms with Crippen LogP contribution in [0, 0.1) is 12.8 Å². The Hall–Kier alpha value is -0.760. The maximum atomic E-state index is 5.58. The van der Waals surface area contributed by atoms with Gasteiger partial charge in [0.25, 0.3) is 0 Å². The summed E-state index contributed by atoms with van der Waals surface area (Å²) in [5, 5.41) is 3.62. The van der Waals surface area contributed by atoms with Gasteiger partial charge in [-0.15, -0.1) is 0 Å². The lowest BCUT2D eigenvalue weighted by molar-refractivity contribution is 0.325. The van der Waals surface area contributed by atoms with Gasteiger partial charge in [0.15, 0.2) is 0 Å². The van der Waals surface area contributed by atoms with E-state index in [1.54, 1.807) is 0 Å². The summed E-state index contributed by atoms with van der Waals surface area (Å²) >= 11 is 0. The van der Waals surface area contributed by atoms with Gasteiger partial charge < -0.3 is 9.73 Å². The second kappa shape index (κ2) is 6.25. The molecule has 0 aromatic carbocycles. The van der Waals surface area contributed by atoms with Crippen LogP contribution in [-0.4, -0.2) is 6.04 Å². The molecule has 1 N–H and O–H groups in total. The van der Waals surface area contributed by atoms with Gasteiger partial charge >= 0.3 is 0 Å². The monoisotopic (exact) mass is 235 g/mol. The molecule has 1 aliphatic rings. The van der Waals surface area contributed by atoms with Crippen LogP contribution in [0.25, 0.3) is 0 Å². The first-order chi connectivity index (χ1) is 8.25. The zero-order valence-corrected chi connectivity index (χ0v) is 11.2. The van der Waals surface area contributed by atoms with Crippen LogP contribution in [-0.2, 0) is 6.54 Å². The second-order valence-electron chi connectivity index (χ2n) is 5.43. The fourth-order valence-electron chi connectivity index (χ4n) is 2.82. The molecule has 1 saturated carbocycles. The third-order valence-corrected chi connectivity index (χ3v) is 4.00. The highest BCUT2D eigenvalue weighted by atomic mass is 16.3. The molecule has 1 atom stereocenters. The van der Waals surface area contributed by atoms with Crippen LogP contribution in [0.1, 0.15) is 57.0 Å². The molecule has 0 unspecified atom stereocenters. The van der Waals surface area contributed by atoms with Gasteiger partial charge in [-0.1, -0.05) is 25.7 Å². The normalized spacial score (nSPS) is 20.1. The van der Waals surface area contributed by atoms with Crippen molar-refractivity contribution >= 4 is 0 Å². The van der Waals surface area contributed by atoms with Crippen LogP contribution < -0.4 is 5.32 Å². The van der Waals surface area contributed by atoms with Gasteiger partial charge in [0, 0.05) is 6.04 Å². The largest absolute Gasteiger partial charge is 0.465 e. The van der Waals surface area contributed by atoms with Crippen LogP contribution in [0.2, 0.25) is 0 Å². The molecular formula is C15H25NO. The zero-order chi connectivity index (χ0) is 12.1. The summed E-state index contributed by atoms with van der Waals surface area (Å²) in [5.41, 5.74) is 0. The van der Waals surface area contributed by atoms with E-state index < -0.39 is 0 Å². The van der Waals surface area contributed by atoms with Gasteiger partial charge in [0.2, 0.25) is 0 Å². The molecule has 1 fully saturated rings. The molecule has 0 amide bonds. The van der Waals surface area contributed by atoms with E-state index in [9.17, 15) is 0 Å². The maximum Gasteiger partial charge on any atom is 0.117 e. The second-order valence-corrected chi connectivity index (χ2v) is 5.43. The van der Waals surface area contributed by atoms with E-state index in [0.717, 1.165) is 24.0 Å². The molecule has 2 nitrogen and oxygen atoms in total. The highest BCUT2D eigenvalue weighted by Crippen LogP contribution is 2.25. The molecule has 0 bridgehead atoms. The lowest BCUT2D eigenvalue weighted by Gasteiger charge is -2.23. The first-order valence-corrected chi connectivity index (χ1v) is 7.04. The van der Waals surface area contributed by atoms with Gasteiger partial charge in [-0.3, -0.25) is 0 Å². The third-order valence-electron chi connectivity index (χ3n) is 4.00. The third kappa shape index (κ3) is 3.88. The summed E-state index contributed by atoms with van der Waals surface area (Å²) in [5.74, 6) is 2.92. The summed E-state index contributed by atoms with van der Waals surface area (Å²) in [6, 6.07) is 4.72. The Bertz CT molecular complexity index is 323. The number of nitrogens with one attached hydrogen (secondary N) is 1. The number of furan rings is 1. The minimum atomic E-state index is 0.610. The number of rotatable bonds is 4. The molecule has 2 rings (SSSR count). The van der Waals surface area contributed by atoms with E-state index in [-0.39, 0.29) is 0 Å². The smallest absolute Gasteiger partial charge is 0.117 e. The summed E-state index contributed by atoms with van der Waals surface area (Å²) in [7, 11) is 0. The van der Waals surface area contributed by atoms with Crippen molar-refractivity contribution in [3.05, 3.63) is 23.7 Å². The van der Waals surface area contributed by atoms with Crippen LogP contribution in [0.4, 0.5) is 0 Å². The van der Waals surface area contributed by atoms with Gasteiger partial charge in [0.05, 0.1) is 6.54 Å². The summed E-state index contributed by atoms with van der Waals surface area (Å²) in [4.78, 5) is 0. The van der Waals surface area contributed by atoms with Gasteiger partial charge in [-0.25, -0.2) is 0 Å². The predicted octanol–water partition coefficient (Wildman–Crippen LogP) is 4.04. The van der Waals surface area contributed by atoms with Gasteiger partial charge in [0.1, 0.15) is 11.5 Å². The van der Waals surface area contributed by atoms with Crippen LogP contribution in [0.15, 0.2) is 16.5 Å². The van der Waals surface area contributed by atoms with E-state index in [1.165, 1.54) is 38.5 Å². The van der Waals surface area contributed by atoms with E-state index in [4.69, 9.17) is 4.42 Å². The fraction of sp³-hybridized carbons (Fsp3) is 0.733. The van der Waals surface area contributed by atoms with Crippen LogP contribution in [0.3, 0.4) is 0 Å². The Morgan fingerprint density at radius 2 is 1.94 bits per heavy atom. The number of hydrogen-bond acceptors (Lipinski definition) is 2. The molecule has 1 aromatic rings. The molecule has 1 aliphatic carbocycles. The molecular weight excluding hydrogens is 210 g/mol. The zero-order valence-electron chi connectivity index (χ0n) is 11.2. The molecule has 96 valence electrons. The van der Waals surface area contributed by atoms with Crippen LogP contribution >= 0.6 is 0 Å². The lowest BCUT2D eigenvalue weighted by Crippen LogP contribution is -2.32. The topological polar surface area (TPSA) is 25.2 Å². The quantitative estimate of drug-likeness (QED) is 0.797. The first kappa shape index (κ1) is 12.7. The van der Waals surface area contributed by atoms with E-state index in [0.29, 0.717) is 6.04 Å². The van der Waals surface area contributed by atoms with E-state index in [2.05, 4.69) is 18.3 Å². The fourth-order valence-corrected chi connectivity index (χ4v) is 2.82. The molecule has 2 heteroatoms. The first-order valence-electron chi connectivity index (χ1n) is 7.04. The number of aryl methyl sites for hydroxylation is 1. The average Bonchev–Trinajstić information content (AvgIpc) is 2.58. The van der Waals surface area contributed by atoms with Gasteiger partial charge in [-0.05, 0) is 44.7 Å². The van der Waals surface area contributed by atoms with Crippen molar-refractivity contribution in [3.8, 4) is 0 Å². The minimum Gasteiger partial charge on any atom is -0.465 e. The summed E-state index contributed by atoms with van der Waals surface area (Å²) in [6.45, 7) is 5.19. The Morgan fingerprint density at radius 3 is 2.53 bits per heavy atom. The van der Waals surface area contributed by atoms with Crippen molar-refractivity contribution < 1.29 is 4.42 Å². The van der Waals surface area contributed by atoms with Crippen molar-refractivity contribution in [2.45, 2.75) is 65.0 Å². The van der Waals surface area contributed by atoms with Crippen LogP contribution in [0.5, 0.6) is 0 Å². The molecule has 0 spiro atoms. The van der Waals surface area contributed by atoms with Gasteiger partial charge in [-0.2, -0.15) is 0 Å². The van der Waals surface area contributed by atoms with Crippen molar-refractivity contribution in [2.24, 2.45) is 5.92 Å². The van der Waals surface area contributed by atoms with E-state index >= 15 is 0 Å². The Balaban J connectivity index is 1.77. The molecule has 0 saturated heterocycles. The van der Waals surface area contributed by atoms with Crippen molar-refractivity contribution in [1.82, 2.24) is 5.32 Å². The Kier molecular flexibility index (Phi) is 4.66. The highest BCUT2D eigenvalue weighted by molar-refractivity contribution is 5.05. The highest BCUT2D eigenvalue weighted by Gasteiger charge is 2.18. The molecule has 1 aromatic heterocycles. The van der Waals surface area contributed by atoms with Crippen molar-refractivity contribution in [1.29, 1.82) is 0 Å². The van der Waals surface area contributed by atoms with E-state index in [1.807, 2.05) is 13.0 Å². The molecule has 0 aliphatic heterocycles. The minimum absolute atomic E-state index is 0.610. The maximum absolute atomic E-state index is 5.58. The summed E-state index contributed by atoms with van der Waals surface area (Å²) in [6.07, 6.45) is 8.48. The Morgan fingerprint density at radius 1 is 1.24 bits per heavy atom. The average molecular weight is 235 g/mol. The van der Waals surface area contributed by atoms with Crippen molar-refractivity contribution in [3.63, 3.8) is 0 Å². The molecule has 0 radical (unpaired) electrons. The lowest BCUT2D eigenvalue weighted by atomic mass is 9.93. The summed E-state index contributed by atoms with van der Waals surface area (Å²) < 4.78 is 5.58. The number of hydrogen-bond donors (Lipinski definition) is 1. The SMILES string of the molecule is Cc1ccc(CN[C@@H](C)C2CCCCCC2)o1. The molecule has 17 heavy (non-hydrogen) atoms. The predicted molar refractivity (Wildman–Crippen MR) is 70.9 cm³/mol. The Labute approximate surface area is 105 Å². The molecule has 1 heterocycles.